The van der Waals surface area contributed by atoms with E-state index in [1.165, 1.54) is 11.8 Å². The second-order valence-electron chi connectivity index (χ2n) is 8.27. The Morgan fingerprint density at radius 2 is 1.85 bits per heavy atom. The lowest BCUT2D eigenvalue weighted by molar-refractivity contribution is -0.113. The minimum Gasteiger partial charge on any atom is -0.495 e. The molecule has 8 heteroatoms. The van der Waals surface area contributed by atoms with Gasteiger partial charge in [-0.05, 0) is 37.1 Å². The second-order valence-corrected chi connectivity index (χ2v) is 9.21. The van der Waals surface area contributed by atoms with Gasteiger partial charge in [0.15, 0.2) is 5.16 Å². The Morgan fingerprint density at radius 1 is 1.06 bits per heavy atom. The Bertz CT molecular complexity index is 1510. The van der Waals surface area contributed by atoms with Crippen molar-refractivity contribution in [3.8, 4) is 11.4 Å². The molecule has 0 bridgehead atoms. The summed E-state index contributed by atoms with van der Waals surface area (Å²) in [5.41, 5.74) is 3.07. The fourth-order valence-electron chi connectivity index (χ4n) is 4.13. The highest BCUT2D eigenvalue weighted by atomic mass is 32.2. The van der Waals surface area contributed by atoms with Gasteiger partial charge in [0, 0.05) is 28.4 Å². The summed E-state index contributed by atoms with van der Waals surface area (Å²) in [6, 6.07) is 21.6. The zero-order valence-corrected chi connectivity index (χ0v) is 19.3. The number of benzene rings is 3. The van der Waals surface area contributed by atoms with Crippen LogP contribution in [-0.2, 0) is 4.79 Å². The Kier molecular flexibility index (Phi) is 5.22. The second kappa shape index (κ2) is 8.53. The number of anilines is 1. The topological polar surface area (TPSA) is 82.2 Å². The first-order valence-corrected chi connectivity index (χ1v) is 12.1. The Balaban J connectivity index is 1.24. The molecule has 0 radical (unpaired) electrons. The fraction of sp³-hybridized carbons (Fsp3) is 0.192. The predicted octanol–water partition coefficient (Wildman–Crippen LogP) is 5.78. The van der Waals surface area contributed by atoms with Crippen molar-refractivity contribution >= 4 is 45.3 Å². The molecule has 1 aliphatic rings. The van der Waals surface area contributed by atoms with Crippen LogP contribution in [0.25, 0.3) is 27.6 Å². The molecule has 1 fully saturated rings. The lowest BCUT2D eigenvalue weighted by Gasteiger charge is -2.11. The molecule has 2 aromatic heterocycles. The first-order valence-electron chi connectivity index (χ1n) is 11.1. The summed E-state index contributed by atoms with van der Waals surface area (Å²) in [6.07, 6.45) is 2.25. The van der Waals surface area contributed by atoms with Crippen LogP contribution in [0.2, 0.25) is 0 Å². The highest BCUT2D eigenvalue weighted by Crippen LogP contribution is 2.41. The largest absolute Gasteiger partial charge is 0.495 e. The average Bonchev–Trinajstić information content (AvgIpc) is 3.52. The number of carbonyl (C=O) groups excluding carboxylic acids is 1. The van der Waals surface area contributed by atoms with Crippen molar-refractivity contribution in [1.29, 1.82) is 0 Å². The number of rotatable bonds is 7. The monoisotopic (exact) mass is 470 g/mol. The van der Waals surface area contributed by atoms with Crippen LogP contribution in [0.3, 0.4) is 0 Å². The number of ether oxygens (including phenoxy) is 1. The predicted molar refractivity (Wildman–Crippen MR) is 133 cm³/mol. The van der Waals surface area contributed by atoms with Gasteiger partial charge in [0.1, 0.15) is 22.7 Å². The van der Waals surface area contributed by atoms with Gasteiger partial charge in [-0.15, -0.1) is 10.2 Å². The first kappa shape index (κ1) is 20.8. The smallest absolute Gasteiger partial charge is 0.234 e. The molecule has 1 N–H and O–H groups in total. The number of carbonyl (C=O) groups is 1. The molecule has 2 heterocycles. The number of nitrogens with one attached hydrogen (secondary N) is 1. The quantitative estimate of drug-likeness (QED) is 0.304. The van der Waals surface area contributed by atoms with Gasteiger partial charge in [-0.2, -0.15) is 0 Å². The number of thioether (sulfide) groups is 1. The number of hydrogen-bond donors (Lipinski definition) is 1. The molecule has 3 aromatic carbocycles. The first-order chi connectivity index (χ1) is 16.7. The number of nitrogens with zero attached hydrogens (tertiary/aromatic N) is 3. The molecule has 0 saturated heterocycles. The van der Waals surface area contributed by atoms with Gasteiger partial charge in [0.2, 0.25) is 5.91 Å². The molecule has 0 atom stereocenters. The highest BCUT2D eigenvalue weighted by molar-refractivity contribution is 7.99. The molecule has 0 unspecified atom stereocenters. The average molecular weight is 471 g/mol. The zero-order chi connectivity index (χ0) is 23.1. The van der Waals surface area contributed by atoms with Crippen molar-refractivity contribution < 1.29 is 13.9 Å². The van der Waals surface area contributed by atoms with Crippen molar-refractivity contribution in [1.82, 2.24) is 14.8 Å². The summed E-state index contributed by atoms with van der Waals surface area (Å²) in [5, 5.41) is 14.5. The molecule has 34 heavy (non-hydrogen) atoms. The zero-order valence-electron chi connectivity index (χ0n) is 18.5. The SMILES string of the molecule is COc1cc2c(cc1NC(=O)CSc1nnc(C3CC3)n1-c1ccccc1)oc1ccccc12. The summed E-state index contributed by atoms with van der Waals surface area (Å²) in [7, 11) is 1.59. The van der Waals surface area contributed by atoms with Crippen molar-refractivity contribution in [2.45, 2.75) is 23.9 Å². The molecular formula is C26H22N4O3S. The third-order valence-electron chi connectivity index (χ3n) is 5.92. The van der Waals surface area contributed by atoms with Crippen LogP contribution in [-0.4, -0.2) is 33.5 Å². The summed E-state index contributed by atoms with van der Waals surface area (Å²) in [4.78, 5) is 12.9. The van der Waals surface area contributed by atoms with Gasteiger partial charge < -0.3 is 14.5 Å². The summed E-state index contributed by atoms with van der Waals surface area (Å²) in [5.74, 6) is 2.02. The number of furan rings is 1. The number of amides is 1. The van der Waals surface area contributed by atoms with Gasteiger partial charge in [-0.25, -0.2) is 0 Å². The van der Waals surface area contributed by atoms with Crippen molar-refractivity contribution in [3.05, 3.63) is 72.6 Å². The van der Waals surface area contributed by atoms with Crippen LogP contribution in [0, 0.1) is 0 Å². The van der Waals surface area contributed by atoms with Gasteiger partial charge >= 0.3 is 0 Å². The molecule has 1 saturated carbocycles. The number of hydrogen-bond acceptors (Lipinski definition) is 6. The van der Waals surface area contributed by atoms with E-state index in [0.717, 1.165) is 40.7 Å². The molecule has 1 amide bonds. The van der Waals surface area contributed by atoms with Crippen LogP contribution >= 0.6 is 11.8 Å². The van der Waals surface area contributed by atoms with Gasteiger partial charge in [-0.1, -0.05) is 48.2 Å². The molecule has 0 aliphatic heterocycles. The van der Waals surface area contributed by atoms with Crippen LogP contribution in [0.1, 0.15) is 24.6 Å². The molecule has 7 nitrogen and oxygen atoms in total. The minimum atomic E-state index is -0.158. The van der Waals surface area contributed by atoms with E-state index in [4.69, 9.17) is 9.15 Å². The van der Waals surface area contributed by atoms with E-state index >= 15 is 0 Å². The third kappa shape index (κ3) is 3.80. The Morgan fingerprint density at radius 3 is 2.65 bits per heavy atom. The standard InChI is InChI=1S/C26H22N4O3S/c1-32-23-13-19-18-9-5-6-10-21(18)33-22(19)14-20(23)27-24(31)15-34-26-29-28-25(16-11-12-16)30(26)17-7-3-2-4-8-17/h2-10,13-14,16H,11-12,15H2,1H3,(H,27,31). The molecular weight excluding hydrogens is 448 g/mol. The number of aromatic nitrogens is 3. The molecule has 0 spiro atoms. The van der Waals surface area contributed by atoms with E-state index in [-0.39, 0.29) is 11.7 Å². The maximum absolute atomic E-state index is 12.9. The maximum Gasteiger partial charge on any atom is 0.234 e. The minimum absolute atomic E-state index is 0.158. The lowest BCUT2D eigenvalue weighted by atomic mass is 10.1. The van der Waals surface area contributed by atoms with Crippen molar-refractivity contribution in [3.63, 3.8) is 0 Å². The number of methoxy groups -OCH3 is 1. The summed E-state index contributed by atoms with van der Waals surface area (Å²) in [6.45, 7) is 0. The Hall–Kier alpha value is -3.78. The molecule has 5 aromatic rings. The van der Waals surface area contributed by atoms with Crippen molar-refractivity contribution in [2.24, 2.45) is 0 Å². The maximum atomic E-state index is 12.9. The summed E-state index contributed by atoms with van der Waals surface area (Å²) >= 11 is 1.37. The lowest BCUT2D eigenvalue weighted by Crippen LogP contribution is -2.15. The van der Waals surface area contributed by atoms with Crippen LogP contribution in [0.5, 0.6) is 5.75 Å². The van der Waals surface area contributed by atoms with Crippen LogP contribution in [0.4, 0.5) is 5.69 Å². The normalized spacial score (nSPS) is 13.4. The van der Waals surface area contributed by atoms with Crippen LogP contribution < -0.4 is 10.1 Å². The fourth-order valence-corrected chi connectivity index (χ4v) is 4.89. The summed E-state index contributed by atoms with van der Waals surface area (Å²) < 4.78 is 13.6. The third-order valence-corrected chi connectivity index (χ3v) is 6.85. The van der Waals surface area contributed by atoms with Gasteiger partial charge in [0.25, 0.3) is 0 Å². The number of fused-ring (bicyclic) bond motifs is 3. The van der Waals surface area contributed by atoms with E-state index in [1.54, 1.807) is 7.11 Å². The van der Waals surface area contributed by atoms with Gasteiger partial charge in [-0.3, -0.25) is 9.36 Å². The van der Waals surface area contributed by atoms with E-state index in [9.17, 15) is 4.79 Å². The molecule has 170 valence electrons. The Labute approximate surface area is 200 Å². The van der Waals surface area contributed by atoms with Crippen molar-refractivity contribution in [2.75, 3.05) is 18.2 Å². The van der Waals surface area contributed by atoms with Crippen LogP contribution in [0.15, 0.2) is 76.3 Å². The highest BCUT2D eigenvalue weighted by Gasteiger charge is 2.31. The number of para-hydroxylation sites is 2. The van der Waals surface area contributed by atoms with E-state index in [0.29, 0.717) is 28.1 Å². The van der Waals surface area contributed by atoms with E-state index in [2.05, 4.69) is 20.1 Å². The van der Waals surface area contributed by atoms with E-state index < -0.39 is 0 Å². The van der Waals surface area contributed by atoms with E-state index in [1.807, 2.05) is 66.7 Å². The van der Waals surface area contributed by atoms with Gasteiger partial charge in [0.05, 0.1) is 18.6 Å². The molecule has 6 rings (SSSR count). The molecule has 1 aliphatic carbocycles.